The van der Waals surface area contributed by atoms with Crippen molar-refractivity contribution in [2.24, 2.45) is 0 Å². The van der Waals surface area contributed by atoms with E-state index in [0.29, 0.717) is 6.42 Å². The Kier molecular flexibility index (Phi) is 6.21. The first-order valence-electron chi connectivity index (χ1n) is 6.17. The van der Waals surface area contributed by atoms with Crippen molar-refractivity contribution in [2.75, 3.05) is 6.61 Å². The smallest absolute Gasteiger partial charge is 0.135 e. The summed E-state index contributed by atoms with van der Waals surface area (Å²) in [5.74, 6) is 6.79. The Hall–Kier alpha value is -1.46. The SMILES string of the molecule is CCC(CC)Oc1ccccc1C#CCCO. The van der Waals surface area contributed by atoms with E-state index in [-0.39, 0.29) is 12.7 Å². The summed E-state index contributed by atoms with van der Waals surface area (Å²) in [5, 5.41) is 8.70. The normalized spacial score (nSPS) is 9.88. The summed E-state index contributed by atoms with van der Waals surface area (Å²) in [6.07, 6.45) is 2.74. The first kappa shape index (κ1) is 13.6. The molecule has 0 aliphatic heterocycles. The van der Waals surface area contributed by atoms with Crippen molar-refractivity contribution in [1.29, 1.82) is 0 Å². The molecule has 0 unspecified atom stereocenters. The fourth-order valence-corrected chi connectivity index (χ4v) is 1.52. The zero-order valence-corrected chi connectivity index (χ0v) is 10.6. The molecule has 1 rings (SSSR count). The number of rotatable bonds is 5. The zero-order valence-electron chi connectivity index (χ0n) is 10.6. The van der Waals surface area contributed by atoms with Crippen molar-refractivity contribution in [1.82, 2.24) is 0 Å². The fraction of sp³-hybridized carbons (Fsp3) is 0.467. The predicted molar refractivity (Wildman–Crippen MR) is 70.0 cm³/mol. The van der Waals surface area contributed by atoms with Crippen LogP contribution < -0.4 is 4.74 Å². The highest BCUT2D eigenvalue weighted by Gasteiger charge is 2.07. The molecule has 0 fully saturated rings. The third-order valence-electron chi connectivity index (χ3n) is 2.55. The Morgan fingerprint density at radius 3 is 2.59 bits per heavy atom. The highest BCUT2D eigenvalue weighted by molar-refractivity contribution is 5.45. The predicted octanol–water partition coefficient (Wildman–Crippen LogP) is 2.99. The topological polar surface area (TPSA) is 29.5 Å². The van der Waals surface area contributed by atoms with Gasteiger partial charge in [0.2, 0.25) is 0 Å². The molecule has 0 aromatic heterocycles. The second kappa shape index (κ2) is 7.76. The molecule has 1 N–H and O–H groups in total. The van der Waals surface area contributed by atoms with Crippen molar-refractivity contribution < 1.29 is 9.84 Å². The van der Waals surface area contributed by atoms with E-state index in [1.807, 2.05) is 24.3 Å². The molecule has 0 saturated heterocycles. The van der Waals surface area contributed by atoms with Crippen LogP contribution in [0.5, 0.6) is 5.75 Å². The molecular formula is C15H20O2. The lowest BCUT2D eigenvalue weighted by atomic mass is 10.1. The van der Waals surface area contributed by atoms with E-state index in [1.54, 1.807) is 0 Å². The number of para-hydroxylation sites is 1. The highest BCUT2D eigenvalue weighted by atomic mass is 16.5. The standard InChI is InChI=1S/C15H20O2/c1-3-14(4-2)17-15-11-6-5-9-13(15)10-7-8-12-16/h5-6,9,11,14,16H,3-4,8,12H2,1-2H3. The summed E-state index contributed by atoms with van der Waals surface area (Å²) >= 11 is 0. The maximum atomic E-state index is 8.70. The molecule has 92 valence electrons. The van der Waals surface area contributed by atoms with E-state index in [1.165, 1.54) is 0 Å². The Morgan fingerprint density at radius 1 is 1.24 bits per heavy atom. The Bertz CT molecular complexity index is 383. The molecule has 2 heteroatoms. The Balaban J connectivity index is 2.81. The number of aliphatic hydroxyl groups is 1. The largest absolute Gasteiger partial charge is 0.489 e. The highest BCUT2D eigenvalue weighted by Crippen LogP contribution is 2.20. The molecule has 0 aliphatic carbocycles. The molecular weight excluding hydrogens is 212 g/mol. The van der Waals surface area contributed by atoms with Gasteiger partial charge in [0.25, 0.3) is 0 Å². The lowest BCUT2D eigenvalue weighted by Gasteiger charge is -2.16. The van der Waals surface area contributed by atoms with Crippen LogP contribution >= 0.6 is 0 Å². The maximum Gasteiger partial charge on any atom is 0.135 e. The summed E-state index contributed by atoms with van der Waals surface area (Å²) in [7, 11) is 0. The van der Waals surface area contributed by atoms with Crippen LogP contribution in [-0.4, -0.2) is 17.8 Å². The molecule has 17 heavy (non-hydrogen) atoms. The van der Waals surface area contributed by atoms with Crippen molar-refractivity contribution in [3.05, 3.63) is 29.8 Å². The van der Waals surface area contributed by atoms with Gasteiger partial charge in [-0.2, -0.15) is 0 Å². The minimum absolute atomic E-state index is 0.0998. The molecule has 0 amide bonds. The molecule has 1 aromatic rings. The van der Waals surface area contributed by atoms with Gasteiger partial charge in [0.15, 0.2) is 0 Å². The molecule has 0 heterocycles. The van der Waals surface area contributed by atoms with Gasteiger partial charge < -0.3 is 9.84 Å². The first-order valence-corrected chi connectivity index (χ1v) is 6.17. The second-order valence-electron chi connectivity index (χ2n) is 3.83. The number of benzene rings is 1. The van der Waals surface area contributed by atoms with Gasteiger partial charge in [-0.25, -0.2) is 0 Å². The lowest BCUT2D eigenvalue weighted by Crippen LogP contribution is -2.14. The summed E-state index contributed by atoms with van der Waals surface area (Å²) in [6.45, 7) is 4.34. The average molecular weight is 232 g/mol. The summed E-state index contributed by atoms with van der Waals surface area (Å²) < 4.78 is 5.91. The van der Waals surface area contributed by atoms with Crippen LogP contribution in [0.2, 0.25) is 0 Å². The first-order chi connectivity index (χ1) is 8.31. The molecule has 1 aromatic carbocycles. The molecule has 0 spiro atoms. The minimum Gasteiger partial charge on any atom is -0.489 e. The molecule has 0 aliphatic rings. The van der Waals surface area contributed by atoms with Crippen LogP contribution in [0.4, 0.5) is 0 Å². The van der Waals surface area contributed by atoms with Gasteiger partial charge >= 0.3 is 0 Å². The Labute approximate surface area is 104 Å². The van der Waals surface area contributed by atoms with E-state index < -0.39 is 0 Å². The van der Waals surface area contributed by atoms with Crippen LogP contribution in [0.1, 0.15) is 38.7 Å². The third kappa shape index (κ3) is 4.50. The molecule has 0 saturated carbocycles. The molecule has 0 radical (unpaired) electrons. The molecule has 0 bridgehead atoms. The molecule has 2 nitrogen and oxygen atoms in total. The van der Waals surface area contributed by atoms with Gasteiger partial charge in [-0.15, -0.1) is 0 Å². The minimum atomic E-state index is 0.0998. The maximum absolute atomic E-state index is 8.70. The van der Waals surface area contributed by atoms with E-state index in [2.05, 4.69) is 25.7 Å². The van der Waals surface area contributed by atoms with Crippen LogP contribution in [0.25, 0.3) is 0 Å². The van der Waals surface area contributed by atoms with Crippen LogP contribution in [-0.2, 0) is 0 Å². The van der Waals surface area contributed by atoms with Crippen LogP contribution in [0.3, 0.4) is 0 Å². The molecule has 0 atom stereocenters. The van der Waals surface area contributed by atoms with Crippen molar-refractivity contribution in [3.8, 4) is 17.6 Å². The van der Waals surface area contributed by atoms with E-state index >= 15 is 0 Å². The van der Waals surface area contributed by atoms with Gasteiger partial charge in [-0.1, -0.05) is 37.8 Å². The van der Waals surface area contributed by atoms with E-state index in [9.17, 15) is 0 Å². The van der Waals surface area contributed by atoms with E-state index in [4.69, 9.17) is 9.84 Å². The van der Waals surface area contributed by atoms with Gasteiger partial charge in [-0.3, -0.25) is 0 Å². The zero-order chi connectivity index (χ0) is 12.5. The van der Waals surface area contributed by atoms with Gasteiger partial charge in [-0.05, 0) is 25.0 Å². The van der Waals surface area contributed by atoms with Crippen LogP contribution in [0.15, 0.2) is 24.3 Å². The van der Waals surface area contributed by atoms with Gasteiger partial charge in [0, 0.05) is 6.42 Å². The van der Waals surface area contributed by atoms with Crippen molar-refractivity contribution >= 4 is 0 Å². The quantitative estimate of drug-likeness (QED) is 0.791. The van der Waals surface area contributed by atoms with Crippen molar-refractivity contribution in [2.45, 2.75) is 39.2 Å². The van der Waals surface area contributed by atoms with Crippen molar-refractivity contribution in [3.63, 3.8) is 0 Å². The monoisotopic (exact) mass is 232 g/mol. The summed E-state index contributed by atoms with van der Waals surface area (Å²) in [6, 6.07) is 7.79. The summed E-state index contributed by atoms with van der Waals surface area (Å²) in [4.78, 5) is 0. The second-order valence-corrected chi connectivity index (χ2v) is 3.83. The van der Waals surface area contributed by atoms with Crippen LogP contribution in [0, 0.1) is 11.8 Å². The van der Waals surface area contributed by atoms with Gasteiger partial charge in [0.1, 0.15) is 5.75 Å². The summed E-state index contributed by atoms with van der Waals surface area (Å²) in [5.41, 5.74) is 0.896. The lowest BCUT2D eigenvalue weighted by molar-refractivity contribution is 0.192. The fourth-order valence-electron chi connectivity index (χ4n) is 1.52. The van der Waals surface area contributed by atoms with Gasteiger partial charge in [0.05, 0.1) is 18.3 Å². The number of aliphatic hydroxyl groups excluding tert-OH is 1. The number of hydrogen-bond acceptors (Lipinski definition) is 2. The average Bonchev–Trinajstić information content (AvgIpc) is 2.38. The third-order valence-corrected chi connectivity index (χ3v) is 2.55. The van der Waals surface area contributed by atoms with E-state index in [0.717, 1.165) is 24.2 Å². The number of ether oxygens (including phenoxy) is 1. The number of hydrogen-bond donors (Lipinski definition) is 1. The Morgan fingerprint density at radius 2 is 1.94 bits per heavy atom.